The third-order valence-corrected chi connectivity index (χ3v) is 6.04. The van der Waals surface area contributed by atoms with Gasteiger partial charge in [-0.15, -0.1) is 0 Å². The van der Waals surface area contributed by atoms with Crippen molar-refractivity contribution in [3.05, 3.63) is 47.3 Å². The molecule has 1 aromatic carbocycles. The Morgan fingerprint density at radius 3 is 2.53 bits per heavy atom. The Morgan fingerprint density at radius 1 is 1.19 bits per heavy atom. The van der Waals surface area contributed by atoms with Gasteiger partial charge in [-0.3, -0.25) is 9.59 Å². The van der Waals surface area contributed by atoms with E-state index in [1.165, 1.54) is 26.0 Å². The third kappa shape index (κ3) is 4.57. The molecule has 4 N–H and O–H groups in total. The molecule has 1 aliphatic rings. The molecule has 2 aromatic heterocycles. The lowest BCUT2D eigenvalue weighted by Gasteiger charge is -2.24. The van der Waals surface area contributed by atoms with Crippen LogP contribution in [0.25, 0.3) is 16.8 Å². The summed E-state index contributed by atoms with van der Waals surface area (Å²) in [5, 5.41) is 16.4. The average molecular weight is 508 g/mol. The number of nitrogens with zero attached hydrogens (tertiary/aromatic N) is 4. The van der Waals surface area contributed by atoms with Crippen molar-refractivity contribution < 1.29 is 32.3 Å². The Bertz CT molecular complexity index is 1350. The number of nitrogen functional groups attached to an aromatic ring is 1. The number of aliphatic hydroxyl groups is 1. The van der Waals surface area contributed by atoms with Crippen molar-refractivity contribution in [3.63, 3.8) is 0 Å². The largest absolute Gasteiger partial charge is 0.418 e. The summed E-state index contributed by atoms with van der Waals surface area (Å²) in [7, 11) is 0. The SMILES string of the molecule is Cc1ccc(-c2cc(C(F)(F)F)c3c(N)ncnn23)cc1C(=O)N[C@@H]1CN(C(=O)C(C)(C)O)C[C@@H]1F. The number of carbonyl (C=O) groups excluding carboxylic acids is 2. The molecule has 0 bridgehead atoms. The number of nitrogens with two attached hydrogens (primary N) is 1. The molecule has 0 saturated carbocycles. The van der Waals surface area contributed by atoms with Gasteiger partial charge in [0.1, 0.15) is 23.6 Å². The second-order valence-electron chi connectivity index (χ2n) is 9.24. The van der Waals surface area contributed by atoms with Crippen molar-refractivity contribution in [3.8, 4) is 11.3 Å². The number of rotatable bonds is 4. The van der Waals surface area contributed by atoms with Crippen molar-refractivity contribution in [2.45, 2.75) is 44.8 Å². The zero-order valence-corrected chi connectivity index (χ0v) is 19.6. The predicted molar refractivity (Wildman–Crippen MR) is 122 cm³/mol. The van der Waals surface area contributed by atoms with Crippen LogP contribution in [0, 0.1) is 6.92 Å². The van der Waals surface area contributed by atoms with Gasteiger partial charge in [0, 0.05) is 17.7 Å². The van der Waals surface area contributed by atoms with Gasteiger partial charge in [-0.2, -0.15) is 18.3 Å². The molecule has 36 heavy (non-hydrogen) atoms. The molecule has 0 spiro atoms. The number of halogens is 4. The van der Waals surface area contributed by atoms with Crippen molar-refractivity contribution >= 4 is 23.1 Å². The van der Waals surface area contributed by atoms with Crippen molar-refractivity contribution in [2.24, 2.45) is 0 Å². The van der Waals surface area contributed by atoms with Gasteiger partial charge >= 0.3 is 6.18 Å². The van der Waals surface area contributed by atoms with Gasteiger partial charge in [0.15, 0.2) is 5.82 Å². The van der Waals surface area contributed by atoms with E-state index in [-0.39, 0.29) is 35.7 Å². The first-order chi connectivity index (χ1) is 16.7. The van der Waals surface area contributed by atoms with Crippen molar-refractivity contribution in [1.29, 1.82) is 0 Å². The van der Waals surface area contributed by atoms with Crippen LogP contribution in [0.3, 0.4) is 0 Å². The minimum absolute atomic E-state index is 0.0339. The smallest absolute Gasteiger partial charge is 0.382 e. The highest BCUT2D eigenvalue weighted by atomic mass is 19.4. The molecular formula is C23H24F4N6O3. The number of fused-ring (bicyclic) bond motifs is 1. The van der Waals surface area contributed by atoms with Gasteiger partial charge in [-0.1, -0.05) is 12.1 Å². The molecule has 9 nitrogen and oxygen atoms in total. The predicted octanol–water partition coefficient (Wildman–Crippen LogP) is 2.36. The number of nitrogens with one attached hydrogen (secondary N) is 1. The zero-order chi connectivity index (χ0) is 26.6. The van der Waals surface area contributed by atoms with Crippen LogP contribution in [0.5, 0.6) is 0 Å². The quantitative estimate of drug-likeness (QED) is 0.465. The van der Waals surface area contributed by atoms with Gasteiger partial charge in [0.25, 0.3) is 11.8 Å². The van der Waals surface area contributed by atoms with Crippen LogP contribution in [0.15, 0.2) is 30.6 Å². The molecule has 0 aliphatic carbocycles. The van der Waals surface area contributed by atoms with Gasteiger partial charge in [0.05, 0.1) is 23.8 Å². The molecule has 1 saturated heterocycles. The Balaban J connectivity index is 1.66. The minimum Gasteiger partial charge on any atom is -0.382 e. The number of aromatic nitrogens is 3. The summed E-state index contributed by atoms with van der Waals surface area (Å²) in [6.07, 6.45) is -5.26. The number of likely N-dealkylation sites (tertiary alicyclic amines) is 1. The molecule has 0 radical (unpaired) electrons. The molecule has 192 valence electrons. The monoisotopic (exact) mass is 508 g/mol. The maximum absolute atomic E-state index is 14.6. The number of alkyl halides is 4. The van der Waals surface area contributed by atoms with Crippen LogP contribution >= 0.6 is 0 Å². The lowest BCUT2D eigenvalue weighted by molar-refractivity contribution is -0.146. The first-order valence-corrected chi connectivity index (χ1v) is 11.0. The molecule has 2 atom stereocenters. The molecule has 1 fully saturated rings. The lowest BCUT2D eigenvalue weighted by Crippen LogP contribution is -2.46. The maximum Gasteiger partial charge on any atom is 0.418 e. The van der Waals surface area contributed by atoms with E-state index in [1.807, 2.05) is 0 Å². The summed E-state index contributed by atoms with van der Waals surface area (Å²) < 4.78 is 56.6. The van der Waals surface area contributed by atoms with Gasteiger partial charge in [0.2, 0.25) is 0 Å². The summed E-state index contributed by atoms with van der Waals surface area (Å²) in [6.45, 7) is 3.78. The van der Waals surface area contributed by atoms with Crippen LogP contribution in [0.1, 0.15) is 35.3 Å². The summed E-state index contributed by atoms with van der Waals surface area (Å²) in [6, 6.07) is 4.32. The first-order valence-electron chi connectivity index (χ1n) is 11.0. The number of amides is 2. The zero-order valence-electron chi connectivity index (χ0n) is 19.6. The average Bonchev–Trinajstić information content (AvgIpc) is 3.34. The van der Waals surface area contributed by atoms with Crippen LogP contribution in [0.2, 0.25) is 0 Å². The van der Waals surface area contributed by atoms with Crippen LogP contribution in [0.4, 0.5) is 23.4 Å². The van der Waals surface area contributed by atoms with E-state index in [4.69, 9.17) is 5.73 Å². The number of anilines is 1. The molecule has 3 aromatic rings. The Hall–Kier alpha value is -3.74. The lowest BCUT2D eigenvalue weighted by atomic mass is 10.0. The summed E-state index contributed by atoms with van der Waals surface area (Å²) in [5.41, 5.74) is 3.47. The van der Waals surface area contributed by atoms with Gasteiger partial charge < -0.3 is 21.1 Å². The van der Waals surface area contributed by atoms with E-state index in [1.54, 1.807) is 13.0 Å². The highest BCUT2D eigenvalue weighted by Gasteiger charge is 2.41. The molecule has 2 amide bonds. The minimum atomic E-state index is -4.72. The molecule has 0 unspecified atom stereocenters. The third-order valence-electron chi connectivity index (χ3n) is 6.04. The maximum atomic E-state index is 14.6. The molecule has 13 heteroatoms. The molecule has 1 aliphatic heterocycles. The van der Waals surface area contributed by atoms with Crippen molar-refractivity contribution in [1.82, 2.24) is 24.8 Å². The van der Waals surface area contributed by atoms with E-state index in [0.717, 1.165) is 21.8 Å². The Morgan fingerprint density at radius 2 is 1.89 bits per heavy atom. The second kappa shape index (κ2) is 8.73. The van der Waals surface area contributed by atoms with E-state index < -0.39 is 46.9 Å². The molecular weight excluding hydrogens is 484 g/mol. The van der Waals surface area contributed by atoms with Crippen LogP contribution in [-0.4, -0.2) is 67.3 Å². The van der Waals surface area contributed by atoms with E-state index in [0.29, 0.717) is 5.56 Å². The van der Waals surface area contributed by atoms with Gasteiger partial charge in [-0.25, -0.2) is 13.9 Å². The Kier molecular flexibility index (Phi) is 6.15. The fraction of sp³-hybridized carbons (Fsp3) is 0.391. The highest BCUT2D eigenvalue weighted by Crippen LogP contribution is 2.38. The van der Waals surface area contributed by atoms with Crippen LogP contribution in [-0.2, 0) is 11.0 Å². The normalized spacial score (nSPS) is 18.6. The van der Waals surface area contributed by atoms with Crippen LogP contribution < -0.4 is 11.1 Å². The molecule has 3 heterocycles. The Labute approximate surface area is 202 Å². The summed E-state index contributed by atoms with van der Waals surface area (Å²) >= 11 is 0. The highest BCUT2D eigenvalue weighted by molar-refractivity contribution is 5.97. The van der Waals surface area contributed by atoms with Crippen molar-refractivity contribution in [2.75, 3.05) is 18.8 Å². The summed E-state index contributed by atoms with van der Waals surface area (Å²) in [4.78, 5) is 30.1. The number of carbonyl (C=O) groups is 2. The standard InChI is InChI=1S/C23H24F4N6O3/c1-11-4-5-12(17-7-14(23(25,26)27)18-19(28)29-10-30-33(17)18)6-13(11)20(34)31-16-9-32(8-15(16)24)21(35)22(2,3)36/h4-7,10,15-16,36H,8-9H2,1-3H3,(H,31,34)(H2,28,29,30)/t15-,16+/m0/s1. The van der Waals surface area contributed by atoms with Gasteiger partial charge in [-0.05, 0) is 38.5 Å². The first kappa shape index (κ1) is 25.4. The fourth-order valence-corrected chi connectivity index (χ4v) is 4.21. The number of hydrogen-bond donors (Lipinski definition) is 3. The fourth-order valence-electron chi connectivity index (χ4n) is 4.21. The number of aryl methyl sites for hydroxylation is 1. The second-order valence-corrected chi connectivity index (χ2v) is 9.24. The number of benzene rings is 1. The molecule has 4 rings (SSSR count). The number of hydrogen-bond acceptors (Lipinski definition) is 6. The van der Waals surface area contributed by atoms with E-state index in [9.17, 15) is 32.3 Å². The van der Waals surface area contributed by atoms with E-state index in [2.05, 4.69) is 15.4 Å². The van der Waals surface area contributed by atoms with E-state index >= 15 is 0 Å². The topological polar surface area (TPSA) is 126 Å². The summed E-state index contributed by atoms with van der Waals surface area (Å²) in [5.74, 6) is -1.68.